The van der Waals surface area contributed by atoms with E-state index in [0.717, 1.165) is 11.1 Å². The fraction of sp³-hybridized carbons (Fsp3) is 0.138. The smallest absolute Gasteiger partial charge is 0.325 e. The summed E-state index contributed by atoms with van der Waals surface area (Å²) in [4.78, 5) is 15.3. The molecule has 1 aliphatic heterocycles. The molecule has 1 heterocycles. The van der Waals surface area contributed by atoms with Crippen LogP contribution in [0.5, 0.6) is 0 Å². The number of benzene rings is 4. The number of rotatable bonds is 4. The molecule has 3 heteroatoms. The molecule has 0 aromatic heterocycles. The Labute approximate surface area is 187 Å². The van der Waals surface area contributed by atoms with E-state index >= 15 is 0 Å². The Balaban J connectivity index is 1.61. The minimum Gasteiger partial charge on any atom is -0.448 e. The van der Waals surface area contributed by atoms with Gasteiger partial charge in [-0.2, -0.15) is 0 Å². The molecule has 0 amide bonds. The maximum Gasteiger partial charge on any atom is 0.325 e. The molecule has 1 atom stereocenters. The van der Waals surface area contributed by atoms with Gasteiger partial charge >= 0.3 is 5.97 Å². The Bertz CT molecular complexity index is 1240. The van der Waals surface area contributed by atoms with E-state index in [4.69, 9.17) is 4.74 Å². The van der Waals surface area contributed by atoms with Gasteiger partial charge in [-0.3, -0.25) is 4.79 Å². The standard InChI is InChI=1S/C29H23NO2/c31-28-27(19-21-11-3-1-4-12-21)30(20-32-28)29(22-13-5-2-6-14-22)25-17-9-7-15-23(25)24-16-8-10-18-26(24)29/h1-18,27H,19-20H2/t27-/m0/s1. The molecule has 0 unspecified atom stereocenters. The Morgan fingerprint density at radius 1 is 0.719 bits per heavy atom. The van der Waals surface area contributed by atoms with Crippen LogP contribution in [0.1, 0.15) is 22.3 Å². The Kier molecular flexibility index (Phi) is 4.44. The summed E-state index contributed by atoms with van der Waals surface area (Å²) in [5.41, 5.74) is 6.50. The highest BCUT2D eigenvalue weighted by molar-refractivity contribution is 5.85. The molecule has 2 aliphatic rings. The lowest BCUT2D eigenvalue weighted by Gasteiger charge is -2.42. The number of carbonyl (C=O) groups is 1. The largest absolute Gasteiger partial charge is 0.448 e. The molecule has 0 radical (unpaired) electrons. The number of fused-ring (bicyclic) bond motifs is 3. The second-order valence-electron chi connectivity index (χ2n) is 8.44. The summed E-state index contributed by atoms with van der Waals surface area (Å²) in [5, 5.41) is 0. The lowest BCUT2D eigenvalue weighted by Crippen LogP contribution is -2.51. The topological polar surface area (TPSA) is 29.5 Å². The number of carbonyl (C=O) groups excluding carboxylic acids is 1. The third-order valence-corrected chi connectivity index (χ3v) is 6.81. The maximum absolute atomic E-state index is 13.1. The predicted molar refractivity (Wildman–Crippen MR) is 125 cm³/mol. The first-order valence-electron chi connectivity index (χ1n) is 11.0. The molecule has 4 aromatic rings. The predicted octanol–water partition coefficient (Wildman–Crippen LogP) is 5.39. The normalized spacial score (nSPS) is 18.8. The second-order valence-corrected chi connectivity index (χ2v) is 8.44. The van der Waals surface area contributed by atoms with Crippen molar-refractivity contribution in [2.24, 2.45) is 0 Å². The molecule has 0 spiro atoms. The zero-order valence-corrected chi connectivity index (χ0v) is 17.6. The van der Waals surface area contributed by atoms with Gasteiger partial charge in [0.15, 0.2) is 0 Å². The summed E-state index contributed by atoms with van der Waals surface area (Å²) in [5.74, 6) is -0.161. The Hall–Kier alpha value is -3.69. The monoisotopic (exact) mass is 417 g/mol. The highest BCUT2D eigenvalue weighted by Gasteiger charge is 2.54. The van der Waals surface area contributed by atoms with Crippen LogP contribution >= 0.6 is 0 Å². The van der Waals surface area contributed by atoms with Crippen LogP contribution in [0.15, 0.2) is 109 Å². The van der Waals surface area contributed by atoms with E-state index in [1.807, 2.05) is 24.3 Å². The van der Waals surface area contributed by atoms with Crippen molar-refractivity contribution in [2.75, 3.05) is 6.73 Å². The molecule has 1 aliphatic carbocycles. The average molecular weight is 418 g/mol. The Morgan fingerprint density at radius 3 is 1.88 bits per heavy atom. The highest BCUT2D eigenvalue weighted by Crippen LogP contribution is 2.55. The molecule has 1 saturated heterocycles. The van der Waals surface area contributed by atoms with Crippen LogP contribution in [-0.2, 0) is 21.5 Å². The zero-order chi connectivity index (χ0) is 21.5. The summed E-state index contributed by atoms with van der Waals surface area (Å²) in [7, 11) is 0. The van der Waals surface area contributed by atoms with Crippen LogP contribution in [0.25, 0.3) is 11.1 Å². The van der Waals surface area contributed by atoms with Gasteiger partial charge in [0.2, 0.25) is 0 Å². The van der Waals surface area contributed by atoms with Crippen molar-refractivity contribution in [3.8, 4) is 11.1 Å². The fourth-order valence-corrected chi connectivity index (χ4v) is 5.49. The first kappa shape index (κ1) is 19.0. The first-order valence-corrected chi connectivity index (χ1v) is 11.0. The minimum atomic E-state index is -0.597. The Morgan fingerprint density at radius 2 is 1.25 bits per heavy atom. The van der Waals surface area contributed by atoms with Crippen molar-refractivity contribution in [3.63, 3.8) is 0 Å². The highest BCUT2D eigenvalue weighted by atomic mass is 16.6. The third kappa shape index (κ3) is 2.68. The quantitative estimate of drug-likeness (QED) is 0.417. The number of hydrogen-bond acceptors (Lipinski definition) is 3. The van der Waals surface area contributed by atoms with Crippen molar-refractivity contribution in [1.82, 2.24) is 4.90 Å². The van der Waals surface area contributed by atoms with Gasteiger partial charge in [0.1, 0.15) is 18.3 Å². The average Bonchev–Trinajstić information content (AvgIpc) is 3.36. The molecule has 3 nitrogen and oxygen atoms in total. The number of cyclic esters (lactones) is 1. The van der Waals surface area contributed by atoms with E-state index in [-0.39, 0.29) is 18.7 Å². The van der Waals surface area contributed by atoms with E-state index in [0.29, 0.717) is 6.42 Å². The van der Waals surface area contributed by atoms with Crippen LogP contribution in [0.2, 0.25) is 0 Å². The summed E-state index contributed by atoms with van der Waals surface area (Å²) in [6.07, 6.45) is 0.610. The maximum atomic E-state index is 13.1. The van der Waals surface area contributed by atoms with Gasteiger partial charge in [0.25, 0.3) is 0 Å². The van der Waals surface area contributed by atoms with Gasteiger partial charge in [-0.1, -0.05) is 109 Å². The van der Waals surface area contributed by atoms with Gasteiger partial charge in [-0.25, -0.2) is 4.90 Å². The molecule has 6 rings (SSSR count). The lowest BCUT2D eigenvalue weighted by molar-refractivity contribution is -0.139. The summed E-state index contributed by atoms with van der Waals surface area (Å²) in [6, 6.07) is 37.5. The van der Waals surface area contributed by atoms with Gasteiger partial charge in [-0.05, 0) is 39.8 Å². The van der Waals surface area contributed by atoms with Crippen molar-refractivity contribution in [2.45, 2.75) is 18.0 Å². The molecule has 1 fully saturated rings. The van der Waals surface area contributed by atoms with Crippen LogP contribution in [0, 0.1) is 0 Å². The van der Waals surface area contributed by atoms with Gasteiger partial charge in [0, 0.05) is 0 Å². The fourth-order valence-electron chi connectivity index (χ4n) is 5.49. The first-order chi connectivity index (χ1) is 15.8. The molecular formula is C29H23NO2. The lowest BCUT2D eigenvalue weighted by atomic mass is 9.78. The van der Waals surface area contributed by atoms with Crippen molar-refractivity contribution in [1.29, 1.82) is 0 Å². The third-order valence-electron chi connectivity index (χ3n) is 6.81. The molecule has 156 valence electrons. The molecule has 0 bridgehead atoms. The van der Waals surface area contributed by atoms with Crippen LogP contribution in [0.4, 0.5) is 0 Å². The van der Waals surface area contributed by atoms with Crippen LogP contribution in [0.3, 0.4) is 0 Å². The number of hydrogen-bond donors (Lipinski definition) is 0. The van der Waals surface area contributed by atoms with Crippen LogP contribution < -0.4 is 0 Å². The molecule has 4 aromatic carbocycles. The van der Waals surface area contributed by atoms with E-state index in [1.165, 1.54) is 22.3 Å². The second kappa shape index (κ2) is 7.47. The van der Waals surface area contributed by atoms with E-state index in [9.17, 15) is 4.79 Å². The van der Waals surface area contributed by atoms with Crippen molar-refractivity contribution < 1.29 is 9.53 Å². The van der Waals surface area contributed by atoms with E-state index in [1.54, 1.807) is 0 Å². The van der Waals surface area contributed by atoms with Gasteiger partial charge in [0.05, 0.1) is 0 Å². The van der Waals surface area contributed by atoms with Gasteiger partial charge in [-0.15, -0.1) is 0 Å². The zero-order valence-electron chi connectivity index (χ0n) is 17.6. The summed E-state index contributed by atoms with van der Waals surface area (Å²) >= 11 is 0. The molecule has 0 N–H and O–H groups in total. The van der Waals surface area contributed by atoms with E-state index < -0.39 is 5.54 Å². The summed E-state index contributed by atoms with van der Waals surface area (Å²) < 4.78 is 5.73. The minimum absolute atomic E-state index is 0.161. The molecule has 0 saturated carbocycles. The van der Waals surface area contributed by atoms with Crippen molar-refractivity contribution in [3.05, 3.63) is 131 Å². The van der Waals surface area contributed by atoms with E-state index in [2.05, 4.69) is 89.8 Å². The number of nitrogens with zero attached hydrogens (tertiary/aromatic N) is 1. The summed E-state index contributed by atoms with van der Waals surface area (Å²) in [6.45, 7) is 0.258. The van der Waals surface area contributed by atoms with Crippen LogP contribution in [-0.4, -0.2) is 23.6 Å². The SMILES string of the molecule is O=C1OCN(C2(c3ccccc3)c3ccccc3-c3ccccc32)[C@H]1Cc1ccccc1. The number of ether oxygens (including phenoxy) is 1. The van der Waals surface area contributed by atoms with Gasteiger partial charge < -0.3 is 4.74 Å². The molecule has 32 heavy (non-hydrogen) atoms. The van der Waals surface area contributed by atoms with Crippen molar-refractivity contribution >= 4 is 5.97 Å². The number of esters is 1. The molecular weight excluding hydrogens is 394 g/mol.